The molecule has 0 fully saturated rings. The van der Waals surface area contributed by atoms with Gasteiger partial charge in [-0.15, -0.1) is 0 Å². The van der Waals surface area contributed by atoms with Crippen molar-refractivity contribution in [1.82, 2.24) is 5.27 Å². The second kappa shape index (κ2) is 7.09. The van der Waals surface area contributed by atoms with E-state index in [1.54, 1.807) is 14.0 Å². The van der Waals surface area contributed by atoms with Gasteiger partial charge in [-0.3, -0.25) is 19.4 Å². The van der Waals surface area contributed by atoms with Crippen molar-refractivity contribution in [1.29, 1.82) is 0 Å². The van der Waals surface area contributed by atoms with Crippen LogP contribution in [0.3, 0.4) is 0 Å². The molecule has 1 amide bonds. The van der Waals surface area contributed by atoms with E-state index in [1.165, 1.54) is 34.6 Å². The second-order valence-corrected chi connectivity index (χ2v) is 5.83. The topological polar surface area (TPSA) is 122 Å². The molecule has 1 aromatic carbocycles. The zero-order chi connectivity index (χ0) is 17.0. The Labute approximate surface area is 134 Å². The average Bonchev–Trinajstić information content (AvgIpc) is 2.81. The number of aromatic amines is 1. The highest BCUT2D eigenvalue weighted by atomic mass is 32.2. The number of nitro groups is 1. The highest BCUT2D eigenvalue weighted by Gasteiger charge is 2.18. The zero-order valence-corrected chi connectivity index (χ0v) is 13.3. The third-order valence-electron chi connectivity index (χ3n) is 3.02. The minimum Gasteiger partial charge on any atom is -0.326 e. The van der Waals surface area contributed by atoms with E-state index in [2.05, 4.69) is 15.1 Å². The molecule has 2 N–H and O–H groups in total. The molecule has 0 aliphatic carbocycles. The molecule has 1 heterocycles. The van der Waals surface area contributed by atoms with Gasteiger partial charge in [0.25, 0.3) is 5.69 Å². The predicted molar refractivity (Wildman–Crippen MR) is 82.3 cm³/mol. The lowest BCUT2D eigenvalue weighted by atomic mass is 10.2. The van der Waals surface area contributed by atoms with Gasteiger partial charge in [-0.1, -0.05) is 4.68 Å². The number of carbonyl (C=O) groups excluding carboxylic acids is 1. The molecule has 0 saturated heterocycles. The molecule has 0 radical (unpaired) electrons. The largest absolute Gasteiger partial charge is 0.441 e. The van der Waals surface area contributed by atoms with Crippen LogP contribution in [-0.4, -0.2) is 21.9 Å². The average molecular weight is 339 g/mol. The number of hydrogen-bond acceptors (Lipinski definition) is 6. The molecule has 2 aromatic rings. The summed E-state index contributed by atoms with van der Waals surface area (Å²) in [6, 6.07) is 4.23. The quantitative estimate of drug-likeness (QED) is 0.352. The first-order chi connectivity index (χ1) is 10.9. The zero-order valence-electron chi connectivity index (χ0n) is 12.5. The van der Waals surface area contributed by atoms with E-state index in [0.717, 1.165) is 0 Å². The number of hydrogen-bond donors (Lipinski definition) is 2. The Morgan fingerprint density at radius 1 is 1.52 bits per heavy atom. The number of thioether (sulfide) groups is 1. The summed E-state index contributed by atoms with van der Waals surface area (Å²) in [5.41, 5.74) is 0.627. The number of amides is 1. The summed E-state index contributed by atoms with van der Waals surface area (Å²) in [7, 11) is 1.63. The minimum atomic E-state index is -0.488. The lowest BCUT2D eigenvalue weighted by Crippen LogP contribution is -2.33. The van der Waals surface area contributed by atoms with Crippen LogP contribution in [0.15, 0.2) is 32.5 Å². The molecule has 0 spiro atoms. The number of nitrogens with zero attached hydrogens (tertiary/aromatic N) is 2. The Kier molecular flexibility index (Phi) is 5.16. The third-order valence-corrected chi connectivity index (χ3v) is 4.14. The van der Waals surface area contributed by atoms with E-state index in [4.69, 9.17) is 0 Å². The number of anilines is 1. The molecule has 1 aromatic heterocycles. The van der Waals surface area contributed by atoms with Crippen LogP contribution in [0.5, 0.6) is 0 Å². The van der Waals surface area contributed by atoms with Crippen molar-refractivity contribution >= 4 is 29.0 Å². The molecule has 0 atom stereocenters. The van der Waals surface area contributed by atoms with Gasteiger partial charge in [0, 0.05) is 30.0 Å². The molecule has 9 nitrogen and oxygen atoms in total. The number of aryl methyl sites for hydroxylation is 2. The van der Waals surface area contributed by atoms with Gasteiger partial charge in [-0.2, -0.15) is 0 Å². The maximum absolute atomic E-state index is 11.9. The summed E-state index contributed by atoms with van der Waals surface area (Å²) in [5, 5.41) is 16.1. The molecule has 0 unspecified atom stereocenters. The van der Waals surface area contributed by atoms with Crippen LogP contribution in [0.4, 0.5) is 11.4 Å². The number of non-ortho nitro benzene ring substituents is 1. The van der Waals surface area contributed by atoms with Gasteiger partial charge in [0.1, 0.15) is 0 Å². The molecular weight excluding hydrogens is 324 g/mol. The van der Waals surface area contributed by atoms with Crippen molar-refractivity contribution in [3.8, 4) is 0 Å². The number of aromatic nitrogens is 2. The summed E-state index contributed by atoms with van der Waals surface area (Å²) in [4.78, 5) is 33.4. The Morgan fingerprint density at radius 3 is 2.83 bits per heavy atom. The second-order valence-electron chi connectivity index (χ2n) is 4.75. The SMILES string of the molecule is Cc1cc([N+](=O)[O-])ccc1NC(=O)CCSc1c(=O)o[nH][n+]1C. The van der Waals surface area contributed by atoms with Crippen molar-refractivity contribution in [2.45, 2.75) is 18.4 Å². The summed E-state index contributed by atoms with van der Waals surface area (Å²) >= 11 is 1.21. The van der Waals surface area contributed by atoms with Gasteiger partial charge in [-0.05, 0) is 35.6 Å². The van der Waals surface area contributed by atoms with Gasteiger partial charge < -0.3 is 5.32 Å². The fourth-order valence-electron chi connectivity index (χ4n) is 1.84. The van der Waals surface area contributed by atoms with E-state index < -0.39 is 10.5 Å². The first-order valence-corrected chi connectivity index (χ1v) is 7.62. The molecule has 10 heteroatoms. The van der Waals surface area contributed by atoms with Crippen LogP contribution >= 0.6 is 11.8 Å². The van der Waals surface area contributed by atoms with Crippen LogP contribution in [0, 0.1) is 17.0 Å². The molecular formula is C13H15N4O5S+. The summed E-state index contributed by atoms with van der Waals surface area (Å²) in [6.07, 6.45) is 0.186. The van der Waals surface area contributed by atoms with Crippen molar-refractivity contribution in [2.24, 2.45) is 7.05 Å². The lowest BCUT2D eigenvalue weighted by Gasteiger charge is -2.07. The predicted octanol–water partition coefficient (Wildman–Crippen LogP) is 1.13. The van der Waals surface area contributed by atoms with Crippen molar-refractivity contribution in [3.63, 3.8) is 0 Å². The smallest absolute Gasteiger partial charge is 0.326 e. The number of rotatable bonds is 6. The van der Waals surface area contributed by atoms with E-state index in [0.29, 0.717) is 22.0 Å². The van der Waals surface area contributed by atoms with Crippen LogP contribution in [-0.2, 0) is 11.8 Å². The molecule has 2 rings (SSSR count). The molecule has 23 heavy (non-hydrogen) atoms. The Bertz CT molecular complexity index is 798. The molecule has 0 bridgehead atoms. The molecule has 0 saturated carbocycles. The first-order valence-electron chi connectivity index (χ1n) is 6.63. The number of benzene rings is 1. The third kappa shape index (κ3) is 4.19. The van der Waals surface area contributed by atoms with Gasteiger partial charge >= 0.3 is 10.7 Å². The molecule has 122 valence electrons. The van der Waals surface area contributed by atoms with Gasteiger partial charge in [-0.25, -0.2) is 4.79 Å². The number of H-pyrrole nitrogens is 1. The first kappa shape index (κ1) is 16.7. The Balaban J connectivity index is 1.90. The van der Waals surface area contributed by atoms with E-state index in [9.17, 15) is 19.7 Å². The van der Waals surface area contributed by atoms with E-state index in [1.807, 2.05) is 0 Å². The minimum absolute atomic E-state index is 0.0252. The lowest BCUT2D eigenvalue weighted by molar-refractivity contribution is -0.772. The van der Waals surface area contributed by atoms with Gasteiger partial charge in [0.15, 0.2) is 7.05 Å². The molecule has 0 aliphatic rings. The standard InChI is InChI=1S/C13H14N4O5S/c1-8-7-9(17(20)21)3-4-10(8)14-11(18)5-6-23-12-13(19)22-15-16(12)2/h3-4,7H,5-6H2,1-2H3,(H-,14,15,18,19)/p+1. The summed E-state index contributed by atoms with van der Waals surface area (Å²) in [5.74, 6) is 0.158. The number of nitro benzene ring substituents is 1. The fraction of sp³-hybridized carbons (Fsp3) is 0.308. The summed E-state index contributed by atoms with van der Waals surface area (Å²) in [6.45, 7) is 1.68. The maximum atomic E-state index is 11.9. The number of carbonyl (C=O) groups is 1. The Hall–Kier alpha value is -2.62. The van der Waals surface area contributed by atoms with Crippen molar-refractivity contribution in [3.05, 3.63) is 44.3 Å². The highest BCUT2D eigenvalue weighted by Crippen LogP contribution is 2.21. The maximum Gasteiger partial charge on any atom is 0.441 e. The van der Waals surface area contributed by atoms with Crippen LogP contribution in [0.25, 0.3) is 0 Å². The summed E-state index contributed by atoms with van der Waals surface area (Å²) < 4.78 is 6.04. The van der Waals surface area contributed by atoms with Gasteiger partial charge in [0.05, 0.1) is 4.92 Å². The monoisotopic (exact) mass is 339 g/mol. The normalized spacial score (nSPS) is 10.5. The van der Waals surface area contributed by atoms with Gasteiger partial charge in [0.2, 0.25) is 5.91 Å². The fourth-order valence-corrected chi connectivity index (χ4v) is 2.71. The van der Waals surface area contributed by atoms with Crippen LogP contribution in [0.1, 0.15) is 12.0 Å². The van der Waals surface area contributed by atoms with E-state index in [-0.39, 0.29) is 18.0 Å². The van der Waals surface area contributed by atoms with Crippen molar-refractivity contribution in [2.75, 3.05) is 11.1 Å². The molecule has 0 aliphatic heterocycles. The highest BCUT2D eigenvalue weighted by molar-refractivity contribution is 7.99. The number of nitrogens with one attached hydrogen (secondary N) is 2. The van der Waals surface area contributed by atoms with Crippen molar-refractivity contribution < 1.29 is 18.9 Å². The van der Waals surface area contributed by atoms with Crippen LogP contribution < -0.4 is 15.6 Å². The van der Waals surface area contributed by atoms with Crippen LogP contribution in [0.2, 0.25) is 0 Å². The Morgan fingerprint density at radius 2 is 2.26 bits per heavy atom. The van der Waals surface area contributed by atoms with E-state index >= 15 is 0 Å².